The van der Waals surface area contributed by atoms with Gasteiger partial charge in [-0.25, -0.2) is 0 Å². The van der Waals surface area contributed by atoms with Crippen molar-refractivity contribution in [3.8, 4) is 11.5 Å². The molecule has 1 aromatic carbocycles. The molecule has 1 heterocycles. The van der Waals surface area contributed by atoms with Crippen LogP contribution in [0.3, 0.4) is 0 Å². The molecular weight excluding hydrogens is 178 g/mol. The molecule has 1 N–H and O–H groups in total. The Bertz CT molecular complexity index is 349. The number of hydrogen-bond donors (Lipinski definition) is 1. The summed E-state index contributed by atoms with van der Waals surface area (Å²) in [4.78, 5) is 2.26. The van der Waals surface area contributed by atoms with Crippen molar-refractivity contribution < 1.29 is 9.84 Å². The third-order valence-corrected chi connectivity index (χ3v) is 2.70. The van der Waals surface area contributed by atoms with Crippen molar-refractivity contribution in [2.24, 2.45) is 0 Å². The van der Waals surface area contributed by atoms with Gasteiger partial charge in [-0.2, -0.15) is 0 Å². The van der Waals surface area contributed by atoms with Crippen LogP contribution in [0.15, 0.2) is 12.1 Å². The smallest absolute Gasteiger partial charge is 0.160 e. The van der Waals surface area contributed by atoms with Crippen molar-refractivity contribution in [3.63, 3.8) is 0 Å². The van der Waals surface area contributed by atoms with E-state index in [2.05, 4.69) is 11.9 Å². The maximum atomic E-state index is 9.59. The monoisotopic (exact) mass is 193 g/mol. The Labute approximate surface area is 83.9 Å². The lowest BCUT2D eigenvalue weighted by atomic mass is 9.99. The minimum atomic E-state index is 0.246. The van der Waals surface area contributed by atoms with Crippen molar-refractivity contribution in [1.82, 2.24) is 4.90 Å². The lowest BCUT2D eigenvalue weighted by Crippen LogP contribution is -2.26. The number of benzene rings is 1. The van der Waals surface area contributed by atoms with Gasteiger partial charge in [-0.05, 0) is 36.7 Å². The molecule has 1 aliphatic rings. The van der Waals surface area contributed by atoms with Crippen LogP contribution in [0.25, 0.3) is 0 Å². The van der Waals surface area contributed by atoms with Crippen molar-refractivity contribution in [2.75, 3.05) is 20.7 Å². The van der Waals surface area contributed by atoms with Crippen molar-refractivity contribution >= 4 is 0 Å². The van der Waals surface area contributed by atoms with Gasteiger partial charge in [0.15, 0.2) is 11.5 Å². The number of ether oxygens (including phenoxy) is 1. The first-order chi connectivity index (χ1) is 6.70. The number of phenols is 1. The highest BCUT2D eigenvalue weighted by Gasteiger charge is 2.15. The molecular formula is C11H15NO2. The third-order valence-electron chi connectivity index (χ3n) is 2.70. The Morgan fingerprint density at radius 3 is 2.86 bits per heavy atom. The summed E-state index contributed by atoms with van der Waals surface area (Å²) in [5, 5.41) is 9.59. The molecule has 2 rings (SSSR count). The van der Waals surface area contributed by atoms with Crippen LogP contribution < -0.4 is 4.74 Å². The van der Waals surface area contributed by atoms with Crippen LogP contribution in [0, 0.1) is 0 Å². The van der Waals surface area contributed by atoms with E-state index in [1.807, 2.05) is 12.1 Å². The quantitative estimate of drug-likeness (QED) is 0.731. The predicted octanol–water partition coefficient (Wildman–Crippen LogP) is 1.39. The molecule has 3 nitrogen and oxygen atoms in total. The third kappa shape index (κ3) is 1.55. The Kier molecular flexibility index (Phi) is 2.33. The van der Waals surface area contributed by atoms with Crippen molar-refractivity contribution in [1.29, 1.82) is 0 Å². The highest BCUT2D eigenvalue weighted by atomic mass is 16.5. The zero-order chi connectivity index (χ0) is 10.1. The maximum absolute atomic E-state index is 9.59. The fraction of sp³-hybridized carbons (Fsp3) is 0.455. The number of hydrogen-bond acceptors (Lipinski definition) is 3. The molecule has 1 aromatic rings. The minimum Gasteiger partial charge on any atom is -0.504 e. The Hall–Kier alpha value is -1.22. The molecule has 0 unspecified atom stereocenters. The normalized spacial score (nSPS) is 16.4. The van der Waals surface area contributed by atoms with Crippen molar-refractivity contribution in [3.05, 3.63) is 23.3 Å². The molecule has 0 bridgehead atoms. The second kappa shape index (κ2) is 3.50. The SMILES string of the molecule is COc1cc2c(cc1O)CCN(C)C2. The molecule has 0 saturated carbocycles. The van der Waals surface area contributed by atoms with Crippen LogP contribution in [-0.2, 0) is 13.0 Å². The first-order valence-electron chi connectivity index (χ1n) is 4.78. The number of fused-ring (bicyclic) bond motifs is 1. The standard InChI is InChI=1S/C11H15NO2/c1-12-4-3-8-5-10(13)11(14-2)6-9(8)7-12/h5-6,13H,3-4,7H2,1-2H3. The average molecular weight is 193 g/mol. The molecule has 0 radical (unpaired) electrons. The van der Waals surface area contributed by atoms with Crippen molar-refractivity contribution in [2.45, 2.75) is 13.0 Å². The van der Waals surface area contributed by atoms with Gasteiger partial charge in [-0.1, -0.05) is 0 Å². The summed E-state index contributed by atoms with van der Waals surface area (Å²) in [5.74, 6) is 0.815. The van der Waals surface area contributed by atoms with Crippen LogP contribution in [-0.4, -0.2) is 30.7 Å². The van der Waals surface area contributed by atoms with Crippen LogP contribution in [0.5, 0.6) is 11.5 Å². The summed E-state index contributed by atoms with van der Waals surface area (Å²) in [5.41, 5.74) is 2.50. The van der Waals surface area contributed by atoms with Gasteiger partial charge in [0.05, 0.1) is 7.11 Å². The van der Waals surface area contributed by atoms with Gasteiger partial charge >= 0.3 is 0 Å². The molecule has 14 heavy (non-hydrogen) atoms. The van der Waals surface area contributed by atoms with E-state index in [0.717, 1.165) is 19.5 Å². The average Bonchev–Trinajstić information content (AvgIpc) is 2.17. The summed E-state index contributed by atoms with van der Waals surface area (Å²) in [7, 11) is 3.68. The maximum Gasteiger partial charge on any atom is 0.160 e. The number of rotatable bonds is 1. The second-order valence-corrected chi connectivity index (χ2v) is 3.78. The number of methoxy groups -OCH3 is 1. The summed E-state index contributed by atoms with van der Waals surface area (Å²) < 4.78 is 5.08. The van der Waals surface area contributed by atoms with Gasteiger partial charge in [0.2, 0.25) is 0 Å². The molecule has 3 heteroatoms. The van der Waals surface area contributed by atoms with Crippen LogP contribution in [0.4, 0.5) is 0 Å². The molecule has 0 fully saturated rings. The van der Waals surface area contributed by atoms with Crippen LogP contribution in [0.2, 0.25) is 0 Å². The fourth-order valence-electron chi connectivity index (χ4n) is 1.88. The highest BCUT2D eigenvalue weighted by Crippen LogP contribution is 2.31. The molecule has 0 saturated heterocycles. The summed E-state index contributed by atoms with van der Waals surface area (Å²) in [6, 6.07) is 3.75. The lowest BCUT2D eigenvalue weighted by molar-refractivity contribution is 0.309. The summed E-state index contributed by atoms with van der Waals surface area (Å²) >= 11 is 0. The van der Waals surface area contributed by atoms with E-state index in [1.54, 1.807) is 7.11 Å². The second-order valence-electron chi connectivity index (χ2n) is 3.78. The van der Waals surface area contributed by atoms with Gasteiger partial charge in [0.25, 0.3) is 0 Å². The first-order valence-corrected chi connectivity index (χ1v) is 4.78. The van der Waals surface area contributed by atoms with Crippen LogP contribution in [0.1, 0.15) is 11.1 Å². The number of phenolic OH excluding ortho intramolecular Hbond substituents is 1. The van der Waals surface area contributed by atoms with Gasteiger partial charge < -0.3 is 14.7 Å². The van der Waals surface area contributed by atoms with E-state index in [9.17, 15) is 5.11 Å². The summed E-state index contributed by atoms with van der Waals surface area (Å²) in [6.07, 6.45) is 1.00. The van der Waals surface area contributed by atoms with Gasteiger partial charge in [0, 0.05) is 13.1 Å². The Morgan fingerprint density at radius 2 is 2.14 bits per heavy atom. The molecule has 0 aromatic heterocycles. The molecule has 0 spiro atoms. The van der Waals surface area contributed by atoms with E-state index in [1.165, 1.54) is 11.1 Å². The first kappa shape index (κ1) is 9.34. The number of likely N-dealkylation sites (N-methyl/N-ethyl adjacent to an activating group) is 1. The van der Waals surface area contributed by atoms with E-state index >= 15 is 0 Å². The highest BCUT2D eigenvalue weighted by molar-refractivity contribution is 5.47. The molecule has 76 valence electrons. The number of nitrogens with zero attached hydrogens (tertiary/aromatic N) is 1. The largest absolute Gasteiger partial charge is 0.504 e. The van der Waals surface area contributed by atoms with Gasteiger partial charge in [-0.3, -0.25) is 0 Å². The number of aromatic hydroxyl groups is 1. The van der Waals surface area contributed by atoms with Gasteiger partial charge in [0.1, 0.15) is 0 Å². The lowest BCUT2D eigenvalue weighted by Gasteiger charge is -2.25. The van der Waals surface area contributed by atoms with E-state index in [0.29, 0.717) is 5.75 Å². The molecule has 1 aliphatic heterocycles. The minimum absolute atomic E-state index is 0.246. The van der Waals surface area contributed by atoms with Crippen LogP contribution >= 0.6 is 0 Å². The van der Waals surface area contributed by atoms with Gasteiger partial charge in [-0.15, -0.1) is 0 Å². The topological polar surface area (TPSA) is 32.7 Å². The molecule has 0 amide bonds. The Balaban J connectivity index is 2.41. The predicted molar refractivity (Wildman–Crippen MR) is 54.7 cm³/mol. The van der Waals surface area contributed by atoms with E-state index < -0.39 is 0 Å². The summed E-state index contributed by atoms with van der Waals surface area (Å²) in [6.45, 7) is 1.99. The molecule has 0 aliphatic carbocycles. The molecule has 0 atom stereocenters. The van der Waals surface area contributed by atoms with E-state index in [-0.39, 0.29) is 5.75 Å². The zero-order valence-corrected chi connectivity index (χ0v) is 8.58. The Morgan fingerprint density at radius 1 is 1.36 bits per heavy atom. The zero-order valence-electron chi connectivity index (χ0n) is 8.58. The van der Waals surface area contributed by atoms with E-state index in [4.69, 9.17) is 4.74 Å². The fourth-order valence-corrected chi connectivity index (χ4v) is 1.88.